The van der Waals surface area contributed by atoms with Crippen LogP contribution in [-0.2, 0) is 11.3 Å². The summed E-state index contributed by atoms with van der Waals surface area (Å²) in [5.74, 6) is 1.79. The van der Waals surface area contributed by atoms with Crippen molar-refractivity contribution in [2.45, 2.75) is 19.6 Å². The first-order chi connectivity index (χ1) is 11.5. The molecule has 126 valence electrons. The van der Waals surface area contributed by atoms with Gasteiger partial charge in [0.2, 0.25) is 6.79 Å². The summed E-state index contributed by atoms with van der Waals surface area (Å²) in [7, 11) is 1.74. The summed E-state index contributed by atoms with van der Waals surface area (Å²) >= 11 is 6.06. The van der Waals surface area contributed by atoms with E-state index in [4.69, 9.17) is 25.8 Å². The molecule has 0 radical (unpaired) electrons. The summed E-state index contributed by atoms with van der Waals surface area (Å²) in [6.45, 7) is 2.39. The largest absolute Gasteiger partial charge is 0.479 e. The van der Waals surface area contributed by atoms with Crippen molar-refractivity contribution in [1.82, 2.24) is 4.90 Å². The number of rotatable bonds is 5. The number of benzene rings is 2. The van der Waals surface area contributed by atoms with Crippen LogP contribution in [0.1, 0.15) is 12.5 Å². The highest BCUT2D eigenvalue weighted by atomic mass is 35.5. The van der Waals surface area contributed by atoms with Gasteiger partial charge in [-0.25, -0.2) is 0 Å². The van der Waals surface area contributed by atoms with Gasteiger partial charge >= 0.3 is 0 Å². The zero-order chi connectivity index (χ0) is 17.1. The van der Waals surface area contributed by atoms with E-state index in [2.05, 4.69) is 0 Å². The van der Waals surface area contributed by atoms with Crippen molar-refractivity contribution in [2.24, 2.45) is 0 Å². The molecule has 0 aliphatic carbocycles. The van der Waals surface area contributed by atoms with E-state index < -0.39 is 6.10 Å². The molecule has 0 saturated carbocycles. The Balaban J connectivity index is 1.63. The summed E-state index contributed by atoms with van der Waals surface area (Å²) in [5.41, 5.74) is 0.958. The Morgan fingerprint density at radius 1 is 1.25 bits per heavy atom. The van der Waals surface area contributed by atoms with Crippen LogP contribution in [0.2, 0.25) is 5.02 Å². The number of hydrogen-bond acceptors (Lipinski definition) is 4. The number of likely N-dealkylation sites (N-methyl/N-ethyl adjacent to an activating group) is 1. The van der Waals surface area contributed by atoms with E-state index in [-0.39, 0.29) is 12.7 Å². The maximum Gasteiger partial charge on any atom is 0.263 e. The molecule has 1 atom stereocenters. The summed E-state index contributed by atoms with van der Waals surface area (Å²) in [4.78, 5) is 14.1. The molecule has 0 fully saturated rings. The minimum Gasteiger partial charge on any atom is -0.479 e. The van der Waals surface area contributed by atoms with Crippen molar-refractivity contribution >= 4 is 17.5 Å². The number of ether oxygens (including phenoxy) is 3. The maximum atomic E-state index is 12.5. The molecule has 1 heterocycles. The molecule has 0 N–H and O–H groups in total. The van der Waals surface area contributed by atoms with Crippen LogP contribution < -0.4 is 14.2 Å². The zero-order valence-corrected chi connectivity index (χ0v) is 14.2. The van der Waals surface area contributed by atoms with Crippen molar-refractivity contribution in [1.29, 1.82) is 0 Å². The van der Waals surface area contributed by atoms with Gasteiger partial charge in [0, 0.05) is 13.6 Å². The van der Waals surface area contributed by atoms with Gasteiger partial charge in [0.25, 0.3) is 5.91 Å². The zero-order valence-electron chi connectivity index (χ0n) is 13.5. The highest BCUT2D eigenvalue weighted by molar-refractivity contribution is 6.32. The summed E-state index contributed by atoms with van der Waals surface area (Å²) in [6.07, 6.45) is -0.635. The average molecular weight is 348 g/mol. The standard InChI is InChI=1S/C18H18ClNO4/c1-12(24-15-6-4-3-5-14(15)19)18(21)20(2)10-13-7-8-16-17(9-13)23-11-22-16/h3-9,12H,10-11H2,1-2H3. The van der Waals surface area contributed by atoms with Crippen LogP contribution in [0.3, 0.4) is 0 Å². The molecule has 1 unspecified atom stereocenters. The summed E-state index contributed by atoms with van der Waals surface area (Å²) < 4.78 is 16.3. The fourth-order valence-corrected chi connectivity index (χ4v) is 2.66. The molecule has 5 nitrogen and oxygen atoms in total. The second-order valence-electron chi connectivity index (χ2n) is 5.57. The lowest BCUT2D eigenvalue weighted by atomic mass is 10.2. The Bertz CT molecular complexity index is 750. The Hall–Kier alpha value is -2.40. The number of fused-ring (bicyclic) bond motifs is 1. The molecule has 6 heteroatoms. The van der Waals surface area contributed by atoms with E-state index in [0.717, 1.165) is 11.3 Å². The smallest absolute Gasteiger partial charge is 0.263 e. The minimum atomic E-state index is -0.635. The van der Waals surface area contributed by atoms with E-state index in [9.17, 15) is 4.79 Å². The predicted octanol–water partition coefficient (Wildman–Crippen LogP) is 3.49. The molecular formula is C18H18ClNO4. The first-order valence-electron chi connectivity index (χ1n) is 7.59. The molecule has 0 saturated heterocycles. The van der Waals surface area contributed by atoms with Crippen LogP contribution in [0, 0.1) is 0 Å². The quantitative estimate of drug-likeness (QED) is 0.830. The van der Waals surface area contributed by atoms with Crippen molar-refractivity contribution in [3.63, 3.8) is 0 Å². The Morgan fingerprint density at radius 2 is 2.00 bits per heavy atom. The monoisotopic (exact) mass is 347 g/mol. The van der Waals surface area contributed by atoms with Crippen molar-refractivity contribution in [2.75, 3.05) is 13.8 Å². The number of carbonyl (C=O) groups is 1. The molecule has 0 spiro atoms. The van der Waals surface area contributed by atoms with Crippen LogP contribution in [-0.4, -0.2) is 30.8 Å². The molecule has 2 aromatic rings. The van der Waals surface area contributed by atoms with Crippen LogP contribution in [0.25, 0.3) is 0 Å². The van der Waals surface area contributed by atoms with Crippen LogP contribution in [0.5, 0.6) is 17.2 Å². The lowest BCUT2D eigenvalue weighted by Crippen LogP contribution is -2.37. The molecule has 1 amide bonds. The molecule has 0 bridgehead atoms. The summed E-state index contributed by atoms with van der Waals surface area (Å²) in [6, 6.07) is 12.7. The average Bonchev–Trinajstić information content (AvgIpc) is 3.03. The van der Waals surface area contributed by atoms with Crippen LogP contribution in [0.15, 0.2) is 42.5 Å². The molecule has 1 aliphatic rings. The SMILES string of the molecule is CC(Oc1ccccc1Cl)C(=O)N(C)Cc1ccc2c(c1)OCO2. The second kappa shape index (κ2) is 7.01. The Kier molecular flexibility index (Phi) is 4.81. The molecule has 2 aromatic carbocycles. The highest BCUT2D eigenvalue weighted by Crippen LogP contribution is 2.32. The van der Waals surface area contributed by atoms with Crippen molar-refractivity contribution in [3.05, 3.63) is 53.1 Å². The molecular weight excluding hydrogens is 330 g/mol. The van der Waals surface area contributed by atoms with Gasteiger partial charge in [0.05, 0.1) is 5.02 Å². The topological polar surface area (TPSA) is 48.0 Å². The maximum absolute atomic E-state index is 12.5. The van der Waals surface area contributed by atoms with E-state index in [1.54, 1.807) is 31.0 Å². The fourth-order valence-electron chi connectivity index (χ4n) is 2.48. The lowest BCUT2D eigenvalue weighted by Gasteiger charge is -2.22. The van der Waals surface area contributed by atoms with Crippen LogP contribution >= 0.6 is 11.6 Å². The number of para-hydroxylation sites is 1. The number of halogens is 1. The number of nitrogens with zero attached hydrogens (tertiary/aromatic N) is 1. The van der Waals surface area contributed by atoms with Crippen molar-refractivity contribution in [3.8, 4) is 17.2 Å². The van der Waals surface area contributed by atoms with Gasteiger partial charge in [-0.15, -0.1) is 0 Å². The molecule has 0 aromatic heterocycles. The fraction of sp³-hybridized carbons (Fsp3) is 0.278. The van der Waals surface area contributed by atoms with E-state index in [1.165, 1.54) is 0 Å². The van der Waals surface area contributed by atoms with Gasteiger partial charge in [-0.2, -0.15) is 0 Å². The molecule has 3 rings (SSSR count). The van der Waals surface area contributed by atoms with Gasteiger partial charge in [-0.1, -0.05) is 29.8 Å². The third-order valence-electron chi connectivity index (χ3n) is 3.72. The predicted molar refractivity (Wildman–Crippen MR) is 90.6 cm³/mol. The number of hydrogen-bond donors (Lipinski definition) is 0. The number of amides is 1. The third kappa shape index (κ3) is 3.57. The third-order valence-corrected chi connectivity index (χ3v) is 4.03. The van der Waals surface area contributed by atoms with Gasteiger partial charge in [0.15, 0.2) is 17.6 Å². The van der Waals surface area contributed by atoms with E-state index in [1.807, 2.05) is 30.3 Å². The van der Waals surface area contributed by atoms with Crippen LogP contribution in [0.4, 0.5) is 0 Å². The van der Waals surface area contributed by atoms with Gasteiger partial charge in [-0.05, 0) is 36.8 Å². The second-order valence-corrected chi connectivity index (χ2v) is 5.98. The first kappa shape index (κ1) is 16.5. The van der Waals surface area contributed by atoms with Gasteiger partial charge in [0.1, 0.15) is 5.75 Å². The van der Waals surface area contributed by atoms with E-state index >= 15 is 0 Å². The molecule has 24 heavy (non-hydrogen) atoms. The molecule has 1 aliphatic heterocycles. The minimum absolute atomic E-state index is 0.132. The Labute approximate surface area is 145 Å². The summed E-state index contributed by atoms with van der Waals surface area (Å²) in [5, 5.41) is 0.482. The Morgan fingerprint density at radius 3 is 2.79 bits per heavy atom. The van der Waals surface area contributed by atoms with Gasteiger partial charge in [-0.3, -0.25) is 4.79 Å². The van der Waals surface area contributed by atoms with E-state index in [0.29, 0.717) is 23.1 Å². The van der Waals surface area contributed by atoms with Gasteiger partial charge < -0.3 is 19.1 Å². The normalized spacial score (nSPS) is 13.5. The lowest BCUT2D eigenvalue weighted by molar-refractivity contribution is -0.137. The first-order valence-corrected chi connectivity index (χ1v) is 7.97. The number of carbonyl (C=O) groups excluding carboxylic acids is 1. The van der Waals surface area contributed by atoms with Crippen molar-refractivity contribution < 1.29 is 19.0 Å². The highest BCUT2D eigenvalue weighted by Gasteiger charge is 2.21.